The number of aromatic nitrogens is 1. The van der Waals surface area contributed by atoms with Gasteiger partial charge in [-0.15, -0.1) is 6.58 Å². The molecule has 1 rings (SSSR count). The molecule has 0 bridgehead atoms. The molecule has 3 nitrogen and oxygen atoms in total. The van der Waals surface area contributed by atoms with Gasteiger partial charge < -0.3 is 10.6 Å². The molecule has 3 heteroatoms. The minimum Gasteiger partial charge on any atom is -0.396 e. The van der Waals surface area contributed by atoms with Gasteiger partial charge in [0.1, 0.15) is 0 Å². The van der Waals surface area contributed by atoms with Crippen LogP contribution in [0.2, 0.25) is 0 Å². The Morgan fingerprint density at radius 1 is 1.60 bits per heavy atom. The summed E-state index contributed by atoms with van der Waals surface area (Å²) in [5, 5.41) is 0. The van der Waals surface area contributed by atoms with Crippen LogP contribution in [0, 0.1) is 6.92 Å². The maximum Gasteiger partial charge on any atom is 0.151 e. The van der Waals surface area contributed by atoms with E-state index in [1.807, 2.05) is 26.1 Å². The van der Waals surface area contributed by atoms with Gasteiger partial charge in [-0.2, -0.15) is 0 Å². The number of pyridine rings is 1. The fourth-order valence-electron chi connectivity index (χ4n) is 1.44. The molecule has 1 aromatic heterocycles. The van der Waals surface area contributed by atoms with Crippen LogP contribution in [0.5, 0.6) is 0 Å². The third-order valence-corrected chi connectivity index (χ3v) is 2.45. The number of aryl methyl sites for hydroxylation is 1. The number of nitrogen functional groups attached to an aromatic ring is 1. The van der Waals surface area contributed by atoms with E-state index in [0.29, 0.717) is 0 Å². The minimum absolute atomic E-state index is 0.776. The second kappa shape index (κ2) is 5.39. The third kappa shape index (κ3) is 2.98. The highest BCUT2D eigenvalue weighted by Crippen LogP contribution is 2.22. The Bertz CT molecular complexity index is 334. The van der Waals surface area contributed by atoms with Crippen LogP contribution >= 0.6 is 0 Å². The molecule has 0 spiro atoms. The third-order valence-electron chi connectivity index (χ3n) is 2.45. The lowest BCUT2D eigenvalue weighted by Crippen LogP contribution is -2.21. The number of hydrogen-bond donors (Lipinski definition) is 1. The molecule has 0 aromatic carbocycles. The zero-order valence-electron chi connectivity index (χ0n) is 9.53. The first-order chi connectivity index (χ1) is 7.16. The van der Waals surface area contributed by atoms with Crippen molar-refractivity contribution in [1.82, 2.24) is 4.98 Å². The van der Waals surface area contributed by atoms with E-state index in [1.54, 1.807) is 6.20 Å². The lowest BCUT2D eigenvalue weighted by molar-refractivity contribution is 0.793. The van der Waals surface area contributed by atoms with Crippen molar-refractivity contribution >= 4 is 11.5 Å². The van der Waals surface area contributed by atoms with Gasteiger partial charge in [0, 0.05) is 19.8 Å². The molecule has 0 atom stereocenters. The molecular formula is C12H19N3. The summed E-state index contributed by atoms with van der Waals surface area (Å²) in [6, 6.07) is 1.93. The van der Waals surface area contributed by atoms with E-state index in [4.69, 9.17) is 5.73 Å². The maximum atomic E-state index is 5.96. The van der Waals surface area contributed by atoms with Gasteiger partial charge in [0.2, 0.25) is 0 Å². The Balaban J connectivity index is 2.68. The SMILES string of the molecule is C=CCCCN(C)c1nccc(C)c1N. The fraction of sp³-hybridized carbons (Fsp3) is 0.417. The summed E-state index contributed by atoms with van der Waals surface area (Å²) < 4.78 is 0. The molecule has 2 N–H and O–H groups in total. The van der Waals surface area contributed by atoms with Crippen molar-refractivity contribution < 1.29 is 0 Å². The van der Waals surface area contributed by atoms with E-state index >= 15 is 0 Å². The van der Waals surface area contributed by atoms with E-state index in [1.165, 1.54) is 0 Å². The second-order valence-corrected chi connectivity index (χ2v) is 3.72. The Labute approximate surface area is 91.6 Å². The van der Waals surface area contributed by atoms with E-state index in [2.05, 4.69) is 16.5 Å². The van der Waals surface area contributed by atoms with Crippen LogP contribution in [0.3, 0.4) is 0 Å². The normalized spacial score (nSPS) is 10.0. The van der Waals surface area contributed by atoms with E-state index < -0.39 is 0 Å². The molecule has 0 radical (unpaired) electrons. The van der Waals surface area contributed by atoms with Crippen LogP contribution in [0.4, 0.5) is 11.5 Å². The van der Waals surface area contributed by atoms with Gasteiger partial charge in [-0.05, 0) is 31.4 Å². The summed E-state index contributed by atoms with van der Waals surface area (Å²) in [6.07, 6.45) is 5.83. The summed E-state index contributed by atoms with van der Waals surface area (Å²) in [6.45, 7) is 6.65. The zero-order valence-corrected chi connectivity index (χ0v) is 9.53. The highest BCUT2D eigenvalue weighted by molar-refractivity contribution is 5.65. The first-order valence-electron chi connectivity index (χ1n) is 5.20. The van der Waals surface area contributed by atoms with E-state index in [0.717, 1.165) is 36.5 Å². The minimum atomic E-state index is 0.776. The molecule has 0 aliphatic rings. The molecule has 0 fully saturated rings. The average Bonchev–Trinajstić information content (AvgIpc) is 2.22. The quantitative estimate of drug-likeness (QED) is 0.592. The predicted octanol–water partition coefficient (Wildman–Crippen LogP) is 2.37. The van der Waals surface area contributed by atoms with Crippen molar-refractivity contribution in [2.45, 2.75) is 19.8 Å². The molecular weight excluding hydrogens is 186 g/mol. The summed E-state index contributed by atoms with van der Waals surface area (Å²) in [7, 11) is 2.02. The highest BCUT2D eigenvalue weighted by atomic mass is 15.2. The van der Waals surface area contributed by atoms with Crippen LogP contribution in [0.15, 0.2) is 24.9 Å². The number of hydrogen-bond acceptors (Lipinski definition) is 3. The number of nitrogens with two attached hydrogens (primary N) is 1. The zero-order chi connectivity index (χ0) is 11.3. The van der Waals surface area contributed by atoms with Crippen molar-refractivity contribution in [3.63, 3.8) is 0 Å². The van der Waals surface area contributed by atoms with Crippen LogP contribution in [0.25, 0.3) is 0 Å². The lowest BCUT2D eigenvalue weighted by atomic mass is 10.2. The van der Waals surface area contributed by atoms with Gasteiger partial charge in [-0.25, -0.2) is 4.98 Å². The van der Waals surface area contributed by atoms with Gasteiger partial charge in [0.15, 0.2) is 5.82 Å². The van der Waals surface area contributed by atoms with E-state index in [9.17, 15) is 0 Å². The first-order valence-corrected chi connectivity index (χ1v) is 5.20. The molecule has 0 unspecified atom stereocenters. The van der Waals surface area contributed by atoms with Crippen LogP contribution in [-0.4, -0.2) is 18.6 Å². The van der Waals surface area contributed by atoms with Gasteiger partial charge in [-0.3, -0.25) is 0 Å². The molecule has 1 aromatic rings. The summed E-state index contributed by atoms with van der Waals surface area (Å²) in [4.78, 5) is 6.38. The highest BCUT2D eigenvalue weighted by Gasteiger charge is 2.07. The number of anilines is 2. The summed E-state index contributed by atoms with van der Waals surface area (Å²) in [5.41, 5.74) is 7.82. The van der Waals surface area contributed by atoms with Gasteiger partial charge in [-0.1, -0.05) is 6.08 Å². The molecule has 82 valence electrons. The second-order valence-electron chi connectivity index (χ2n) is 3.72. The van der Waals surface area contributed by atoms with Crippen molar-refractivity contribution in [3.05, 3.63) is 30.5 Å². The molecule has 0 aliphatic carbocycles. The Morgan fingerprint density at radius 3 is 3.00 bits per heavy atom. The standard InChI is InChI=1S/C12H19N3/c1-4-5-6-9-15(3)12-11(13)10(2)7-8-14-12/h4,7-8H,1,5-6,9,13H2,2-3H3. The Morgan fingerprint density at radius 2 is 2.33 bits per heavy atom. The summed E-state index contributed by atoms with van der Waals surface area (Å²) >= 11 is 0. The predicted molar refractivity (Wildman–Crippen MR) is 66.1 cm³/mol. The molecule has 0 aliphatic heterocycles. The maximum absolute atomic E-state index is 5.96. The largest absolute Gasteiger partial charge is 0.396 e. The summed E-state index contributed by atoms with van der Waals surface area (Å²) in [5.74, 6) is 0.874. The molecule has 0 saturated carbocycles. The van der Waals surface area contributed by atoms with Crippen molar-refractivity contribution in [2.24, 2.45) is 0 Å². The van der Waals surface area contributed by atoms with Crippen molar-refractivity contribution in [1.29, 1.82) is 0 Å². The van der Waals surface area contributed by atoms with E-state index in [-0.39, 0.29) is 0 Å². The molecule has 0 saturated heterocycles. The first kappa shape index (κ1) is 11.6. The Kier molecular flexibility index (Phi) is 4.16. The van der Waals surface area contributed by atoms with Crippen LogP contribution in [0.1, 0.15) is 18.4 Å². The van der Waals surface area contributed by atoms with Crippen molar-refractivity contribution in [2.75, 3.05) is 24.2 Å². The Hall–Kier alpha value is -1.51. The molecule has 1 heterocycles. The number of rotatable bonds is 5. The van der Waals surface area contributed by atoms with Crippen molar-refractivity contribution in [3.8, 4) is 0 Å². The number of nitrogens with zero attached hydrogens (tertiary/aromatic N) is 2. The smallest absolute Gasteiger partial charge is 0.151 e. The molecule has 0 amide bonds. The monoisotopic (exact) mass is 205 g/mol. The molecule has 15 heavy (non-hydrogen) atoms. The number of allylic oxidation sites excluding steroid dienone is 1. The topological polar surface area (TPSA) is 42.2 Å². The fourth-order valence-corrected chi connectivity index (χ4v) is 1.44. The number of unbranched alkanes of at least 4 members (excludes halogenated alkanes) is 1. The van der Waals surface area contributed by atoms with Gasteiger partial charge in [0.25, 0.3) is 0 Å². The van der Waals surface area contributed by atoms with Gasteiger partial charge in [0.05, 0.1) is 5.69 Å². The van der Waals surface area contributed by atoms with Gasteiger partial charge >= 0.3 is 0 Å². The average molecular weight is 205 g/mol. The van der Waals surface area contributed by atoms with Crippen LogP contribution in [-0.2, 0) is 0 Å². The lowest BCUT2D eigenvalue weighted by Gasteiger charge is -2.20. The van der Waals surface area contributed by atoms with Crippen LogP contribution < -0.4 is 10.6 Å².